The van der Waals surface area contributed by atoms with Crippen LogP contribution in [0.5, 0.6) is 0 Å². The van der Waals surface area contributed by atoms with Crippen LogP contribution in [-0.4, -0.2) is 32.3 Å². The lowest BCUT2D eigenvalue weighted by Gasteiger charge is -2.24. The summed E-state index contributed by atoms with van der Waals surface area (Å²) in [5.41, 5.74) is 0.105. The molecule has 1 unspecified atom stereocenters. The molecule has 1 aromatic carbocycles. The van der Waals surface area contributed by atoms with Crippen molar-refractivity contribution in [1.82, 2.24) is 4.90 Å². The highest BCUT2D eigenvalue weighted by molar-refractivity contribution is 9.10. The summed E-state index contributed by atoms with van der Waals surface area (Å²) < 4.78 is 23.2. The van der Waals surface area contributed by atoms with Crippen molar-refractivity contribution in [3.63, 3.8) is 0 Å². The second kappa shape index (κ2) is 6.43. The van der Waals surface area contributed by atoms with Gasteiger partial charge in [0.15, 0.2) is 0 Å². The standard InChI is InChI=1S/C12H16BrClN2O3S/c1-4-7(2)16(3)12(17)9-5-8(20(15,18)19)6-10(13)11(9)14/h5-7H,4H2,1-3H3,(H2,15,18,19). The minimum Gasteiger partial charge on any atom is -0.339 e. The van der Waals surface area contributed by atoms with E-state index in [1.54, 1.807) is 7.05 Å². The largest absolute Gasteiger partial charge is 0.339 e. The average molecular weight is 384 g/mol. The molecule has 8 heteroatoms. The zero-order chi connectivity index (χ0) is 15.7. The first kappa shape index (κ1) is 17.4. The van der Waals surface area contributed by atoms with E-state index in [2.05, 4.69) is 15.9 Å². The number of carbonyl (C=O) groups excluding carboxylic acids is 1. The zero-order valence-electron chi connectivity index (χ0n) is 11.4. The molecular formula is C12H16BrClN2O3S. The third-order valence-corrected chi connectivity index (χ3v) is 5.29. The van der Waals surface area contributed by atoms with Gasteiger partial charge in [-0.1, -0.05) is 18.5 Å². The number of benzene rings is 1. The van der Waals surface area contributed by atoms with Gasteiger partial charge in [-0.25, -0.2) is 13.6 Å². The molecular weight excluding hydrogens is 368 g/mol. The number of amides is 1. The van der Waals surface area contributed by atoms with Gasteiger partial charge in [-0.3, -0.25) is 4.79 Å². The molecule has 20 heavy (non-hydrogen) atoms. The Labute approximate surface area is 132 Å². The second-order valence-corrected chi connectivity index (χ2v) is 7.28. The lowest BCUT2D eigenvalue weighted by Crippen LogP contribution is -2.35. The van der Waals surface area contributed by atoms with Crippen LogP contribution >= 0.6 is 27.5 Å². The number of nitrogens with two attached hydrogens (primary N) is 1. The Morgan fingerprint density at radius 1 is 1.50 bits per heavy atom. The summed E-state index contributed by atoms with van der Waals surface area (Å²) in [6.45, 7) is 3.84. The molecule has 1 atom stereocenters. The highest BCUT2D eigenvalue weighted by Crippen LogP contribution is 2.30. The van der Waals surface area contributed by atoms with Crippen molar-refractivity contribution >= 4 is 43.5 Å². The van der Waals surface area contributed by atoms with Crippen LogP contribution in [0.4, 0.5) is 0 Å². The summed E-state index contributed by atoms with van der Waals surface area (Å²) in [7, 11) is -2.27. The van der Waals surface area contributed by atoms with Crippen LogP contribution in [0.2, 0.25) is 5.02 Å². The Hall–Kier alpha value is -0.630. The summed E-state index contributed by atoms with van der Waals surface area (Å²) in [5.74, 6) is -0.351. The smallest absolute Gasteiger partial charge is 0.255 e. The van der Waals surface area contributed by atoms with E-state index in [1.807, 2.05) is 13.8 Å². The highest BCUT2D eigenvalue weighted by atomic mass is 79.9. The second-order valence-electron chi connectivity index (χ2n) is 4.48. The van der Waals surface area contributed by atoms with E-state index in [9.17, 15) is 13.2 Å². The number of nitrogens with zero attached hydrogens (tertiary/aromatic N) is 1. The summed E-state index contributed by atoms with van der Waals surface area (Å²) in [6.07, 6.45) is 0.774. The van der Waals surface area contributed by atoms with Gasteiger partial charge in [-0.05, 0) is 41.4 Å². The van der Waals surface area contributed by atoms with Gasteiger partial charge in [-0.2, -0.15) is 0 Å². The van der Waals surface area contributed by atoms with E-state index < -0.39 is 10.0 Å². The monoisotopic (exact) mass is 382 g/mol. The Morgan fingerprint density at radius 2 is 2.05 bits per heavy atom. The van der Waals surface area contributed by atoms with Crippen molar-refractivity contribution in [1.29, 1.82) is 0 Å². The van der Waals surface area contributed by atoms with Crippen LogP contribution in [0.1, 0.15) is 30.6 Å². The molecule has 112 valence electrons. The van der Waals surface area contributed by atoms with Crippen molar-refractivity contribution in [2.45, 2.75) is 31.2 Å². The lowest BCUT2D eigenvalue weighted by molar-refractivity contribution is 0.0740. The van der Waals surface area contributed by atoms with E-state index >= 15 is 0 Å². The van der Waals surface area contributed by atoms with Gasteiger partial charge in [0.2, 0.25) is 10.0 Å². The minimum absolute atomic E-state index is 0.00971. The quantitative estimate of drug-likeness (QED) is 0.868. The first-order valence-corrected chi connectivity index (χ1v) is 8.60. The molecule has 0 heterocycles. The normalized spacial score (nSPS) is 13.1. The van der Waals surface area contributed by atoms with Crippen molar-refractivity contribution < 1.29 is 13.2 Å². The number of primary sulfonamides is 1. The molecule has 0 radical (unpaired) electrons. The molecule has 0 saturated heterocycles. The third kappa shape index (κ3) is 3.72. The molecule has 0 aliphatic carbocycles. The summed E-state index contributed by atoms with van der Waals surface area (Å²) in [4.78, 5) is 13.7. The number of carbonyl (C=O) groups is 1. The van der Waals surface area contributed by atoms with Gasteiger partial charge in [0.1, 0.15) is 0 Å². The van der Waals surface area contributed by atoms with Crippen LogP contribution in [0, 0.1) is 0 Å². The fourth-order valence-electron chi connectivity index (χ4n) is 1.55. The van der Waals surface area contributed by atoms with Crippen molar-refractivity contribution in [3.8, 4) is 0 Å². The van der Waals surface area contributed by atoms with E-state index in [0.29, 0.717) is 4.47 Å². The topological polar surface area (TPSA) is 80.5 Å². The Bertz CT molecular complexity index is 634. The number of rotatable bonds is 4. The van der Waals surface area contributed by atoms with Gasteiger partial charge < -0.3 is 4.90 Å². The third-order valence-electron chi connectivity index (χ3n) is 3.13. The van der Waals surface area contributed by atoms with Crippen LogP contribution in [0.25, 0.3) is 0 Å². The molecule has 0 aliphatic rings. The maximum absolute atomic E-state index is 12.4. The Morgan fingerprint density at radius 3 is 2.50 bits per heavy atom. The number of hydrogen-bond donors (Lipinski definition) is 1. The van der Waals surface area contributed by atoms with Crippen molar-refractivity contribution in [2.24, 2.45) is 5.14 Å². The highest BCUT2D eigenvalue weighted by Gasteiger charge is 2.23. The Kier molecular flexibility index (Phi) is 5.60. The van der Waals surface area contributed by atoms with Gasteiger partial charge in [0.25, 0.3) is 5.91 Å². The van der Waals surface area contributed by atoms with Gasteiger partial charge in [-0.15, -0.1) is 0 Å². The molecule has 1 amide bonds. The predicted molar refractivity (Wildman–Crippen MR) is 82.4 cm³/mol. The van der Waals surface area contributed by atoms with Crippen LogP contribution in [-0.2, 0) is 10.0 Å². The first-order valence-electron chi connectivity index (χ1n) is 5.88. The van der Waals surface area contributed by atoms with Crippen LogP contribution < -0.4 is 5.14 Å². The maximum atomic E-state index is 12.4. The van der Waals surface area contributed by atoms with E-state index in [4.69, 9.17) is 16.7 Å². The lowest BCUT2D eigenvalue weighted by atomic mass is 10.1. The minimum atomic E-state index is -3.91. The maximum Gasteiger partial charge on any atom is 0.255 e. The molecule has 0 fully saturated rings. The van der Waals surface area contributed by atoms with Crippen LogP contribution in [0.15, 0.2) is 21.5 Å². The fourth-order valence-corrected chi connectivity index (χ4v) is 2.91. The Balaban J connectivity index is 3.38. The van der Waals surface area contributed by atoms with Gasteiger partial charge >= 0.3 is 0 Å². The van der Waals surface area contributed by atoms with Gasteiger partial charge in [0.05, 0.1) is 15.5 Å². The van der Waals surface area contributed by atoms with Crippen molar-refractivity contribution in [2.75, 3.05) is 7.05 Å². The fraction of sp³-hybridized carbons (Fsp3) is 0.417. The molecule has 5 nitrogen and oxygen atoms in total. The molecule has 1 rings (SSSR count). The van der Waals surface area contributed by atoms with Crippen molar-refractivity contribution in [3.05, 3.63) is 27.2 Å². The summed E-state index contributed by atoms with van der Waals surface area (Å²) in [6, 6.07) is 2.48. The molecule has 0 bridgehead atoms. The molecule has 0 aliphatic heterocycles. The number of sulfonamides is 1. The molecule has 0 spiro atoms. The number of halogens is 2. The summed E-state index contributed by atoms with van der Waals surface area (Å²) in [5, 5.41) is 5.25. The number of hydrogen-bond acceptors (Lipinski definition) is 3. The molecule has 1 aromatic rings. The van der Waals surface area contributed by atoms with E-state index in [-0.39, 0.29) is 27.4 Å². The molecule has 0 saturated carbocycles. The zero-order valence-corrected chi connectivity index (χ0v) is 14.5. The first-order chi connectivity index (χ1) is 9.09. The molecule has 0 aromatic heterocycles. The summed E-state index contributed by atoms with van der Waals surface area (Å²) >= 11 is 9.21. The van der Waals surface area contributed by atoms with Gasteiger partial charge in [0, 0.05) is 17.6 Å². The van der Waals surface area contributed by atoms with E-state index in [1.165, 1.54) is 17.0 Å². The SMILES string of the molecule is CCC(C)N(C)C(=O)c1cc(S(N)(=O)=O)cc(Br)c1Cl. The van der Waals surface area contributed by atoms with Crippen LogP contribution in [0.3, 0.4) is 0 Å². The van der Waals surface area contributed by atoms with E-state index in [0.717, 1.165) is 6.42 Å². The molecule has 2 N–H and O–H groups in total. The predicted octanol–water partition coefficient (Wildman–Crippen LogP) is 2.62. The average Bonchev–Trinajstić information content (AvgIpc) is 2.37.